The molecule has 0 bridgehead atoms. The highest BCUT2D eigenvalue weighted by Crippen LogP contribution is 2.34. The van der Waals surface area contributed by atoms with Crippen molar-refractivity contribution in [1.29, 1.82) is 0 Å². The number of para-hydroxylation sites is 1. The minimum atomic E-state index is 0.00806. The highest BCUT2D eigenvalue weighted by atomic mass is 16.5. The molecule has 0 aliphatic carbocycles. The van der Waals surface area contributed by atoms with Gasteiger partial charge in [0.2, 0.25) is 0 Å². The Hall–Kier alpha value is -2.16. The molecule has 0 unspecified atom stereocenters. The van der Waals surface area contributed by atoms with E-state index < -0.39 is 0 Å². The Balaban J connectivity index is 2.34. The summed E-state index contributed by atoms with van der Waals surface area (Å²) in [4.78, 5) is 0. The molecule has 0 fully saturated rings. The third kappa shape index (κ3) is 2.50. The van der Waals surface area contributed by atoms with E-state index in [9.17, 15) is 10.2 Å². The van der Waals surface area contributed by atoms with Crippen LogP contribution >= 0.6 is 0 Å². The van der Waals surface area contributed by atoms with Gasteiger partial charge in [-0.2, -0.15) is 0 Å². The minimum absolute atomic E-state index is 0.00806. The van der Waals surface area contributed by atoms with E-state index in [0.717, 1.165) is 12.0 Å². The average molecular weight is 230 g/mol. The van der Waals surface area contributed by atoms with Crippen LogP contribution in [0.3, 0.4) is 0 Å². The van der Waals surface area contributed by atoms with Crippen molar-refractivity contribution in [2.45, 2.75) is 13.3 Å². The van der Waals surface area contributed by atoms with E-state index in [2.05, 4.69) is 0 Å². The number of phenolic OH excluding ortho intramolecular Hbond substituents is 2. The van der Waals surface area contributed by atoms with Crippen LogP contribution in [0.1, 0.15) is 12.5 Å². The molecule has 2 aromatic carbocycles. The van der Waals surface area contributed by atoms with Gasteiger partial charge in [0.25, 0.3) is 0 Å². The maximum absolute atomic E-state index is 9.62. The van der Waals surface area contributed by atoms with Crippen molar-refractivity contribution >= 4 is 0 Å². The lowest BCUT2D eigenvalue weighted by molar-refractivity contribution is 0.402. The van der Waals surface area contributed by atoms with E-state index in [1.54, 1.807) is 0 Å². The summed E-state index contributed by atoms with van der Waals surface area (Å²) in [6.45, 7) is 2.03. The molecule has 0 amide bonds. The van der Waals surface area contributed by atoms with Crippen LogP contribution in [0.2, 0.25) is 0 Å². The van der Waals surface area contributed by atoms with Crippen LogP contribution in [-0.2, 0) is 6.42 Å². The summed E-state index contributed by atoms with van der Waals surface area (Å²) >= 11 is 0. The summed E-state index contributed by atoms with van der Waals surface area (Å²) in [6.07, 6.45) is 0.843. The van der Waals surface area contributed by atoms with Crippen LogP contribution in [-0.4, -0.2) is 10.2 Å². The number of hydrogen-bond acceptors (Lipinski definition) is 3. The highest BCUT2D eigenvalue weighted by Gasteiger charge is 2.07. The first-order valence-electron chi connectivity index (χ1n) is 5.48. The Morgan fingerprint density at radius 3 is 2.53 bits per heavy atom. The predicted molar refractivity (Wildman–Crippen MR) is 65.7 cm³/mol. The third-order valence-electron chi connectivity index (χ3n) is 2.52. The molecular weight excluding hydrogens is 216 g/mol. The molecule has 2 N–H and O–H groups in total. The van der Waals surface area contributed by atoms with Gasteiger partial charge in [-0.3, -0.25) is 0 Å². The Morgan fingerprint density at radius 2 is 1.76 bits per heavy atom. The SMILES string of the molecule is CCc1ccccc1Oc1cc(O)ccc1O. The lowest BCUT2D eigenvalue weighted by Crippen LogP contribution is -1.90. The predicted octanol–water partition coefficient (Wildman–Crippen LogP) is 3.45. The van der Waals surface area contributed by atoms with Crippen LogP contribution in [0.5, 0.6) is 23.0 Å². The van der Waals surface area contributed by atoms with Gasteiger partial charge in [0.1, 0.15) is 11.5 Å². The monoisotopic (exact) mass is 230 g/mol. The van der Waals surface area contributed by atoms with Crippen LogP contribution < -0.4 is 4.74 Å². The summed E-state index contributed by atoms with van der Waals surface area (Å²) in [7, 11) is 0. The maximum atomic E-state index is 9.62. The number of benzene rings is 2. The standard InChI is InChI=1S/C14H14O3/c1-2-10-5-3-4-6-13(10)17-14-9-11(15)7-8-12(14)16/h3-9,15-16H,2H2,1H3. The second-order valence-electron chi connectivity index (χ2n) is 3.72. The second-order valence-corrected chi connectivity index (χ2v) is 3.72. The van der Waals surface area contributed by atoms with Gasteiger partial charge in [0.05, 0.1) is 0 Å². The molecule has 0 spiro atoms. The molecule has 88 valence electrons. The van der Waals surface area contributed by atoms with Gasteiger partial charge in [0.15, 0.2) is 11.5 Å². The van der Waals surface area contributed by atoms with Crippen LogP contribution in [0.4, 0.5) is 0 Å². The molecule has 17 heavy (non-hydrogen) atoms. The summed E-state index contributed by atoms with van der Waals surface area (Å²) < 4.78 is 5.60. The molecule has 3 nitrogen and oxygen atoms in total. The molecule has 2 rings (SSSR count). The lowest BCUT2D eigenvalue weighted by Gasteiger charge is -2.11. The van der Waals surface area contributed by atoms with E-state index in [0.29, 0.717) is 5.75 Å². The Morgan fingerprint density at radius 1 is 1.00 bits per heavy atom. The summed E-state index contributed by atoms with van der Waals surface area (Å²) in [5, 5.41) is 19.0. The maximum Gasteiger partial charge on any atom is 0.172 e. The third-order valence-corrected chi connectivity index (χ3v) is 2.52. The zero-order valence-electron chi connectivity index (χ0n) is 9.55. The first-order chi connectivity index (χ1) is 8.20. The summed E-state index contributed by atoms with van der Waals surface area (Å²) in [6, 6.07) is 11.8. The molecule has 0 saturated heterocycles. The first-order valence-corrected chi connectivity index (χ1v) is 5.48. The largest absolute Gasteiger partial charge is 0.508 e. The summed E-state index contributed by atoms with van der Waals surface area (Å²) in [5.41, 5.74) is 1.05. The molecule has 0 aliphatic rings. The van der Waals surface area contributed by atoms with Gasteiger partial charge in [-0.05, 0) is 30.2 Å². The van der Waals surface area contributed by atoms with Gasteiger partial charge in [0, 0.05) is 6.07 Å². The van der Waals surface area contributed by atoms with Gasteiger partial charge < -0.3 is 14.9 Å². The number of aryl methyl sites for hydroxylation is 1. The number of phenols is 2. The molecule has 0 atom stereocenters. The fourth-order valence-electron chi connectivity index (χ4n) is 1.60. The fourth-order valence-corrected chi connectivity index (χ4v) is 1.60. The van der Waals surface area contributed by atoms with Crippen molar-refractivity contribution in [2.75, 3.05) is 0 Å². The molecule has 0 heterocycles. The number of aromatic hydroxyl groups is 2. The highest BCUT2D eigenvalue weighted by molar-refractivity contribution is 5.47. The smallest absolute Gasteiger partial charge is 0.172 e. The van der Waals surface area contributed by atoms with Crippen molar-refractivity contribution in [2.24, 2.45) is 0 Å². The Bertz CT molecular complexity index is 521. The Kier molecular flexibility index (Phi) is 3.19. The van der Waals surface area contributed by atoms with E-state index in [1.807, 2.05) is 31.2 Å². The normalized spacial score (nSPS) is 10.2. The van der Waals surface area contributed by atoms with Crippen molar-refractivity contribution in [1.82, 2.24) is 0 Å². The van der Waals surface area contributed by atoms with Crippen LogP contribution in [0.15, 0.2) is 42.5 Å². The zero-order chi connectivity index (χ0) is 12.3. The molecule has 0 aromatic heterocycles. The number of ether oxygens (including phenoxy) is 1. The van der Waals surface area contributed by atoms with E-state index >= 15 is 0 Å². The number of rotatable bonds is 3. The van der Waals surface area contributed by atoms with Gasteiger partial charge in [-0.1, -0.05) is 25.1 Å². The molecule has 3 heteroatoms. The zero-order valence-corrected chi connectivity index (χ0v) is 9.55. The molecule has 2 aromatic rings. The molecule has 0 aliphatic heterocycles. The van der Waals surface area contributed by atoms with E-state index in [4.69, 9.17) is 4.74 Å². The van der Waals surface area contributed by atoms with Crippen molar-refractivity contribution in [3.8, 4) is 23.0 Å². The van der Waals surface area contributed by atoms with Crippen molar-refractivity contribution in [3.63, 3.8) is 0 Å². The fraction of sp³-hybridized carbons (Fsp3) is 0.143. The molecule has 0 radical (unpaired) electrons. The number of hydrogen-bond donors (Lipinski definition) is 2. The first kappa shape index (κ1) is 11.3. The second kappa shape index (κ2) is 4.78. The van der Waals surface area contributed by atoms with E-state index in [-0.39, 0.29) is 17.2 Å². The Labute approximate surface area is 99.9 Å². The van der Waals surface area contributed by atoms with Gasteiger partial charge in [-0.15, -0.1) is 0 Å². The lowest BCUT2D eigenvalue weighted by atomic mass is 10.1. The van der Waals surface area contributed by atoms with Gasteiger partial charge in [-0.25, -0.2) is 0 Å². The van der Waals surface area contributed by atoms with Crippen LogP contribution in [0.25, 0.3) is 0 Å². The topological polar surface area (TPSA) is 49.7 Å². The van der Waals surface area contributed by atoms with Gasteiger partial charge >= 0.3 is 0 Å². The molecule has 0 saturated carbocycles. The minimum Gasteiger partial charge on any atom is -0.508 e. The van der Waals surface area contributed by atoms with E-state index in [1.165, 1.54) is 18.2 Å². The van der Waals surface area contributed by atoms with Crippen molar-refractivity contribution < 1.29 is 14.9 Å². The summed E-state index contributed by atoms with van der Waals surface area (Å²) in [5.74, 6) is 1.02. The van der Waals surface area contributed by atoms with Crippen molar-refractivity contribution in [3.05, 3.63) is 48.0 Å². The van der Waals surface area contributed by atoms with Crippen LogP contribution in [0, 0.1) is 0 Å². The average Bonchev–Trinajstić information content (AvgIpc) is 2.34. The quantitative estimate of drug-likeness (QED) is 0.794. The molecular formula is C14H14O3.